The van der Waals surface area contributed by atoms with Crippen molar-refractivity contribution in [3.63, 3.8) is 0 Å². The van der Waals surface area contributed by atoms with Gasteiger partial charge in [-0.1, -0.05) is 26.0 Å². The van der Waals surface area contributed by atoms with Crippen LogP contribution < -0.4 is 10.0 Å². The van der Waals surface area contributed by atoms with Crippen LogP contribution in [0.1, 0.15) is 30.9 Å². The summed E-state index contributed by atoms with van der Waals surface area (Å²) in [7, 11) is -3.70. The summed E-state index contributed by atoms with van der Waals surface area (Å²) in [5.74, 6) is -0.0668. The Hall–Kier alpha value is -2.25. The fraction of sp³-hybridized carbons (Fsp3) is 0.294. The second kappa shape index (κ2) is 8.03. The molecule has 0 radical (unpaired) electrons. The molecule has 128 valence electrons. The monoisotopic (exact) mass is 347 g/mol. The summed E-state index contributed by atoms with van der Waals surface area (Å²) in [5, 5.41) is 2.65. The molecule has 1 heterocycles. The molecule has 7 heteroatoms. The van der Waals surface area contributed by atoms with Crippen LogP contribution in [0, 0.1) is 0 Å². The lowest BCUT2D eigenvalue weighted by molar-refractivity contribution is -0.120. The van der Waals surface area contributed by atoms with Crippen LogP contribution in [0.2, 0.25) is 0 Å². The molecule has 0 aliphatic rings. The van der Waals surface area contributed by atoms with E-state index in [1.165, 1.54) is 0 Å². The Balaban J connectivity index is 1.88. The molecular weight excluding hydrogens is 326 g/mol. The Labute approximate surface area is 142 Å². The van der Waals surface area contributed by atoms with Crippen LogP contribution in [-0.4, -0.2) is 25.9 Å². The highest BCUT2D eigenvalue weighted by Crippen LogP contribution is 2.17. The largest absolute Gasteiger partial charge is 0.351 e. The van der Waals surface area contributed by atoms with Gasteiger partial charge in [-0.2, -0.15) is 0 Å². The predicted molar refractivity (Wildman–Crippen MR) is 91.8 cm³/mol. The van der Waals surface area contributed by atoms with Crippen molar-refractivity contribution >= 4 is 15.9 Å². The van der Waals surface area contributed by atoms with Gasteiger partial charge in [-0.25, -0.2) is 13.1 Å². The lowest BCUT2D eigenvalue weighted by Gasteiger charge is -2.09. The number of hydrogen-bond donors (Lipinski definition) is 2. The summed E-state index contributed by atoms with van der Waals surface area (Å²) in [5.41, 5.74) is 1.95. The van der Waals surface area contributed by atoms with E-state index >= 15 is 0 Å². The fourth-order valence-electron chi connectivity index (χ4n) is 2.04. The molecule has 1 amide bonds. The van der Waals surface area contributed by atoms with Crippen LogP contribution >= 0.6 is 0 Å². The van der Waals surface area contributed by atoms with Crippen LogP contribution in [0.5, 0.6) is 0 Å². The molecule has 0 aliphatic heterocycles. The predicted octanol–water partition coefficient (Wildman–Crippen LogP) is 1.80. The average Bonchev–Trinajstić information content (AvgIpc) is 2.59. The average molecular weight is 347 g/mol. The first kappa shape index (κ1) is 18.1. The molecule has 0 fully saturated rings. The summed E-state index contributed by atoms with van der Waals surface area (Å²) in [6.45, 7) is 4.09. The lowest BCUT2D eigenvalue weighted by Crippen LogP contribution is -2.36. The van der Waals surface area contributed by atoms with E-state index in [9.17, 15) is 13.2 Å². The van der Waals surface area contributed by atoms with Gasteiger partial charge in [-0.15, -0.1) is 0 Å². The van der Waals surface area contributed by atoms with Crippen LogP contribution in [0.15, 0.2) is 53.7 Å². The zero-order valence-electron chi connectivity index (χ0n) is 13.7. The van der Waals surface area contributed by atoms with Crippen molar-refractivity contribution in [1.82, 2.24) is 15.0 Å². The first-order chi connectivity index (χ1) is 11.4. The lowest BCUT2D eigenvalue weighted by atomic mass is 10.0. The molecule has 2 rings (SSSR count). The van der Waals surface area contributed by atoms with Gasteiger partial charge in [0.15, 0.2) is 0 Å². The summed E-state index contributed by atoms with van der Waals surface area (Å²) >= 11 is 0. The van der Waals surface area contributed by atoms with Crippen LogP contribution in [0.3, 0.4) is 0 Å². The fourth-order valence-corrected chi connectivity index (χ4v) is 3.02. The number of carbonyl (C=O) groups excluding carboxylic acids is 1. The molecule has 0 saturated heterocycles. The number of rotatable bonds is 7. The van der Waals surface area contributed by atoms with E-state index in [-0.39, 0.29) is 11.4 Å². The Morgan fingerprint density at radius 3 is 2.29 bits per heavy atom. The summed E-state index contributed by atoms with van der Waals surface area (Å²) < 4.78 is 26.7. The van der Waals surface area contributed by atoms with Crippen LogP contribution in [0.4, 0.5) is 0 Å². The van der Waals surface area contributed by atoms with Gasteiger partial charge in [0, 0.05) is 18.9 Å². The maximum absolute atomic E-state index is 12.2. The normalized spacial score (nSPS) is 11.5. The van der Waals surface area contributed by atoms with Crippen molar-refractivity contribution in [2.75, 3.05) is 6.54 Å². The van der Waals surface area contributed by atoms with Crippen LogP contribution in [0.25, 0.3) is 0 Å². The number of sulfonamides is 1. The smallest absolute Gasteiger partial charge is 0.241 e. The number of pyridine rings is 1. The van der Waals surface area contributed by atoms with E-state index in [1.54, 1.807) is 48.8 Å². The van der Waals surface area contributed by atoms with Crippen molar-refractivity contribution in [2.24, 2.45) is 0 Å². The second-order valence-electron chi connectivity index (χ2n) is 5.68. The Kier molecular flexibility index (Phi) is 6.05. The molecule has 0 aliphatic carbocycles. The van der Waals surface area contributed by atoms with Crippen molar-refractivity contribution in [3.8, 4) is 0 Å². The number of aromatic nitrogens is 1. The van der Waals surface area contributed by atoms with Crippen LogP contribution in [-0.2, 0) is 21.4 Å². The first-order valence-electron chi connectivity index (χ1n) is 7.64. The van der Waals surface area contributed by atoms with Crippen molar-refractivity contribution in [3.05, 3.63) is 59.9 Å². The molecule has 0 saturated carbocycles. The number of benzene rings is 1. The highest BCUT2D eigenvalue weighted by molar-refractivity contribution is 7.89. The van der Waals surface area contributed by atoms with Crippen molar-refractivity contribution in [1.29, 1.82) is 0 Å². The van der Waals surface area contributed by atoms with Crippen molar-refractivity contribution in [2.45, 2.75) is 31.2 Å². The van der Waals surface area contributed by atoms with Gasteiger partial charge in [0.05, 0.1) is 11.4 Å². The number of amides is 1. The molecule has 2 aromatic rings. The molecular formula is C17H21N3O3S. The third-order valence-electron chi connectivity index (χ3n) is 3.52. The van der Waals surface area contributed by atoms with E-state index < -0.39 is 15.9 Å². The minimum atomic E-state index is -3.70. The molecule has 0 spiro atoms. The molecule has 24 heavy (non-hydrogen) atoms. The van der Waals surface area contributed by atoms with E-state index in [2.05, 4.69) is 15.0 Å². The zero-order chi connectivity index (χ0) is 17.6. The molecule has 2 N–H and O–H groups in total. The highest BCUT2D eigenvalue weighted by atomic mass is 32.2. The third-order valence-corrected chi connectivity index (χ3v) is 4.94. The number of nitrogens with one attached hydrogen (secondary N) is 2. The summed E-state index contributed by atoms with van der Waals surface area (Å²) in [6.07, 6.45) is 3.26. The third kappa shape index (κ3) is 5.14. The zero-order valence-corrected chi connectivity index (χ0v) is 14.5. The molecule has 0 unspecified atom stereocenters. The number of nitrogens with zero attached hydrogens (tertiary/aromatic N) is 1. The van der Waals surface area contributed by atoms with E-state index in [0.29, 0.717) is 12.5 Å². The van der Waals surface area contributed by atoms with Crippen molar-refractivity contribution < 1.29 is 13.2 Å². The van der Waals surface area contributed by atoms with Gasteiger partial charge < -0.3 is 5.32 Å². The number of carbonyl (C=O) groups is 1. The Morgan fingerprint density at radius 1 is 1.08 bits per heavy atom. The quantitative estimate of drug-likeness (QED) is 0.799. The van der Waals surface area contributed by atoms with Gasteiger partial charge >= 0.3 is 0 Å². The molecule has 0 atom stereocenters. The van der Waals surface area contributed by atoms with Gasteiger partial charge in [0.2, 0.25) is 15.9 Å². The minimum Gasteiger partial charge on any atom is -0.351 e. The summed E-state index contributed by atoms with van der Waals surface area (Å²) in [6, 6.07) is 10.2. The van der Waals surface area contributed by atoms with E-state index in [0.717, 1.165) is 11.1 Å². The Morgan fingerprint density at radius 2 is 1.71 bits per heavy atom. The highest BCUT2D eigenvalue weighted by Gasteiger charge is 2.15. The molecule has 0 bridgehead atoms. The minimum absolute atomic E-state index is 0.147. The maximum atomic E-state index is 12.2. The SMILES string of the molecule is CC(C)c1ccc(S(=O)(=O)NCC(=O)NCc2ccncc2)cc1. The standard InChI is InChI=1S/C17H21N3O3S/c1-13(2)15-3-5-16(6-4-15)24(22,23)20-12-17(21)19-11-14-7-9-18-10-8-14/h3-10,13,20H,11-12H2,1-2H3,(H,19,21). The van der Waals surface area contributed by atoms with Gasteiger partial charge in [-0.3, -0.25) is 9.78 Å². The van der Waals surface area contributed by atoms with E-state index in [4.69, 9.17) is 0 Å². The van der Waals surface area contributed by atoms with Gasteiger partial charge in [0.25, 0.3) is 0 Å². The Bertz CT molecular complexity index is 772. The molecule has 1 aromatic carbocycles. The van der Waals surface area contributed by atoms with Gasteiger partial charge in [0.1, 0.15) is 0 Å². The first-order valence-corrected chi connectivity index (χ1v) is 9.12. The topological polar surface area (TPSA) is 88.2 Å². The summed E-state index contributed by atoms with van der Waals surface area (Å²) in [4.78, 5) is 15.8. The second-order valence-corrected chi connectivity index (χ2v) is 7.45. The molecule has 1 aromatic heterocycles. The molecule has 6 nitrogen and oxygen atoms in total. The van der Waals surface area contributed by atoms with Gasteiger partial charge in [-0.05, 0) is 41.3 Å². The maximum Gasteiger partial charge on any atom is 0.241 e. The van der Waals surface area contributed by atoms with E-state index in [1.807, 2.05) is 13.8 Å². The number of hydrogen-bond acceptors (Lipinski definition) is 4.